The highest BCUT2D eigenvalue weighted by Crippen LogP contribution is 2.45. The Kier molecular flexibility index (Phi) is 5.17. The van der Waals surface area contributed by atoms with Crippen molar-refractivity contribution in [2.75, 3.05) is 25.1 Å². The number of carboxylic acid groups (broad SMARTS) is 1. The summed E-state index contributed by atoms with van der Waals surface area (Å²) >= 11 is 1.50. The summed E-state index contributed by atoms with van der Waals surface area (Å²) in [5.41, 5.74) is -2.85. The number of carbonyl (C=O) groups excluding carboxylic acids is 1. The fraction of sp³-hybridized carbons (Fsp3) is 0.818. The van der Waals surface area contributed by atoms with E-state index in [1.807, 2.05) is 6.26 Å². The summed E-state index contributed by atoms with van der Waals surface area (Å²) in [6, 6.07) is -0.845. The molecule has 1 heterocycles. The van der Waals surface area contributed by atoms with E-state index in [2.05, 4.69) is 5.32 Å². The topological polar surface area (TPSA) is 69.6 Å². The van der Waals surface area contributed by atoms with Crippen molar-refractivity contribution in [3.63, 3.8) is 0 Å². The summed E-state index contributed by atoms with van der Waals surface area (Å²) in [4.78, 5) is 23.7. The molecule has 2 N–H and O–H groups in total. The smallest absolute Gasteiger partial charge is 0.406 e. The maximum absolute atomic E-state index is 12.9. The molecule has 0 bridgehead atoms. The van der Waals surface area contributed by atoms with E-state index in [1.54, 1.807) is 6.92 Å². The fourth-order valence-electron chi connectivity index (χ4n) is 2.10. The van der Waals surface area contributed by atoms with Crippen LogP contribution in [0.15, 0.2) is 0 Å². The first-order chi connectivity index (χ1) is 9.14. The third-order valence-electron chi connectivity index (χ3n) is 3.30. The molecule has 20 heavy (non-hydrogen) atoms. The van der Waals surface area contributed by atoms with Gasteiger partial charge in [-0.1, -0.05) is 0 Å². The number of likely N-dealkylation sites (tertiary alicyclic amines) is 1. The summed E-state index contributed by atoms with van der Waals surface area (Å²) in [6.45, 7) is 0.673. The largest absolute Gasteiger partial charge is 0.481 e. The molecule has 1 saturated heterocycles. The van der Waals surface area contributed by atoms with E-state index >= 15 is 0 Å². The highest BCUT2D eigenvalue weighted by molar-refractivity contribution is 7.98. The second-order valence-electron chi connectivity index (χ2n) is 4.86. The van der Waals surface area contributed by atoms with Crippen molar-refractivity contribution < 1.29 is 27.9 Å². The van der Waals surface area contributed by atoms with E-state index in [1.165, 1.54) is 11.8 Å². The van der Waals surface area contributed by atoms with Crippen molar-refractivity contribution in [3.8, 4) is 0 Å². The quantitative estimate of drug-likeness (QED) is 0.830. The lowest BCUT2D eigenvalue weighted by Gasteiger charge is -2.27. The highest BCUT2D eigenvalue weighted by atomic mass is 32.2. The molecular formula is C11H17F3N2O3S. The third-order valence-corrected chi connectivity index (χ3v) is 4.13. The fourth-order valence-corrected chi connectivity index (χ4v) is 2.69. The molecule has 2 atom stereocenters. The lowest BCUT2D eigenvalue weighted by atomic mass is 9.86. The summed E-state index contributed by atoms with van der Waals surface area (Å²) in [7, 11) is 0. The minimum atomic E-state index is -4.88. The molecule has 0 spiro atoms. The number of alkyl halides is 3. The number of nitrogens with zero attached hydrogens (tertiary/aromatic N) is 1. The number of carbonyl (C=O) groups is 2. The lowest BCUT2D eigenvalue weighted by molar-refractivity contribution is -0.226. The summed E-state index contributed by atoms with van der Waals surface area (Å²) in [5, 5.41) is 11.4. The van der Waals surface area contributed by atoms with Crippen LogP contribution in [0.5, 0.6) is 0 Å². The Hall–Kier alpha value is -1.12. The molecule has 1 fully saturated rings. The second kappa shape index (κ2) is 6.11. The highest BCUT2D eigenvalue weighted by Gasteiger charge is 2.64. The zero-order valence-electron chi connectivity index (χ0n) is 11.2. The Morgan fingerprint density at radius 1 is 1.50 bits per heavy atom. The van der Waals surface area contributed by atoms with Crippen LogP contribution in [0.4, 0.5) is 18.0 Å². The predicted molar refractivity (Wildman–Crippen MR) is 68.7 cm³/mol. The van der Waals surface area contributed by atoms with E-state index < -0.39 is 36.6 Å². The van der Waals surface area contributed by atoms with Crippen LogP contribution in [-0.4, -0.2) is 59.3 Å². The van der Waals surface area contributed by atoms with Gasteiger partial charge in [-0.05, 0) is 19.6 Å². The molecule has 0 aromatic heterocycles. The van der Waals surface area contributed by atoms with Crippen LogP contribution in [0.1, 0.15) is 13.3 Å². The van der Waals surface area contributed by atoms with Crippen LogP contribution in [0.25, 0.3) is 0 Å². The van der Waals surface area contributed by atoms with Gasteiger partial charge in [0, 0.05) is 24.9 Å². The molecule has 116 valence electrons. The number of nitrogens with one attached hydrogen (secondary N) is 1. The SMILES string of the molecule is CSCC(C)NC(=O)N1CCC(C(=O)O)(C(F)(F)F)C1. The van der Waals surface area contributed by atoms with Crippen LogP contribution in [0.3, 0.4) is 0 Å². The summed E-state index contributed by atoms with van der Waals surface area (Å²) < 4.78 is 38.8. The molecule has 1 rings (SSSR count). The maximum atomic E-state index is 12.9. The maximum Gasteiger partial charge on any atom is 0.406 e. The van der Waals surface area contributed by atoms with Crippen molar-refractivity contribution in [2.24, 2.45) is 5.41 Å². The minimum absolute atomic E-state index is 0.191. The zero-order chi connectivity index (χ0) is 15.6. The monoisotopic (exact) mass is 314 g/mol. The number of urea groups is 1. The number of halogens is 3. The molecule has 9 heteroatoms. The van der Waals surface area contributed by atoms with E-state index in [9.17, 15) is 22.8 Å². The number of amides is 2. The van der Waals surface area contributed by atoms with E-state index in [0.29, 0.717) is 5.75 Å². The predicted octanol–water partition coefficient (Wildman–Crippen LogP) is 1.79. The molecule has 1 aliphatic heterocycles. The van der Waals surface area contributed by atoms with Crippen molar-refractivity contribution in [3.05, 3.63) is 0 Å². The van der Waals surface area contributed by atoms with Crippen LogP contribution in [-0.2, 0) is 4.79 Å². The Labute approximate surface area is 118 Å². The molecule has 0 aromatic rings. The summed E-state index contributed by atoms with van der Waals surface area (Å²) in [6.07, 6.45) is -3.65. The average molecular weight is 314 g/mol. The molecule has 5 nitrogen and oxygen atoms in total. The number of rotatable bonds is 4. The Balaban J connectivity index is 2.75. The second-order valence-corrected chi connectivity index (χ2v) is 5.77. The Bertz CT molecular complexity index is 392. The van der Waals surface area contributed by atoms with Gasteiger partial charge in [-0.2, -0.15) is 24.9 Å². The Morgan fingerprint density at radius 3 is 2.50 bits per heavy atom. The molecule has 0 radical (unpaired) electrons. The van der Waals surface area contributed by atoms with Crippen molar-refractivity contribution in [2.45, 2.75) is 25.6 Å². The third kappa shape index (κ3) is 3.31. The first-order valence-electron chi connectivity index (χ1n) is 5.98. The molecular weight excluding hydrogens is 297 g/mol. The van der Waals surface area contributed by atoms with Gasteiger partial charge < -0.3 is 15.3 Å². The van der Waals surface area contributed by atoms with E-state index in [4.69, 9.17) is 5.11 Å². The van der Waals surface area contributed by atoms with Gasteiger partial charge in [0.25, 0.3) is 0 Å². The van der Waals surface area contributed by atoms with Crippen molar-refractivity contribution in [1.82, 2.24) is 10.2 Å². The molecule has 1 aliphatic rings. The van der Waals surface area contributed by atoms with Crippen molar-refractivity contribution in [1.29, 1.82) is 0 Å². The first-order valence-corrected chi connectivity index (χ1v) is 7.38. The van der Waals surface area contributed by atoms with Crippen molar-refractivity contribution >= 4 is 23.8 Å². The Morgan fingerprint density at radius 2 is 2.10 bits per heavy atom. The number of thioether (sulfide) groups is 1. The van der Waals surface area contributed by atoms with Gasteiger partial charge in [0.05, 0.1) is 0 Å². The molecule has 0 aliphatic carbocycles. The van der Waals surface area contributed by atoms with Crippen LogP contribution in [0.2, 0.25) is 0 Å². The first kappa shape index (κ1) is 16.9. The molecule has 2 amide bonds. The van der Waals surface area contributed by atoms with Crippen LogP contribution < -0.4 is 5.32 Å². The summed E-state index contributed by atoms with van der Waals surface area (Å²) in [5.74, 6) is -1.31. The van der Waals surface area contributed by atoms with Gasteiger partial charge in [-0.25, -0.2) is 4.79 Å². The number of carboxylic acids is 1. The minimum Gasteiger partial charge on any atom is -0.481 e. The van der Waals surface area contributed by atoms with Crippen LogP contribution >= 0.6 is 11.8 Å². The average Bonchev–Trinajstić information content (AvgIpc) is 2.74. The molecule has 0 saturated carbocycles. The van der Waals surface area contributed by atoms with Gasteiger partial charge >= 0.3 is 18.2 Å². The van der Waals surface area contributed by atoms with Gasteiger partial charge in [-0.15, -0.1) is 0 Å². The lowest BCUT2D eigenvalue weighted by Crippen LogP contribution is -2.50. The number of hydrogen-bond donors (Lipinski definition) is 2. The normalized spacial score (nSPS) is 24.6. The molecule has 0 aromatic carbocycles. The van der Waals surface area contributed by atoms with Gasteiger partial charge in [0.2, 0.25) is 0 Å². The molecule has 2 unspecified atom stereocenters. The number of aliphatic carboxylic acids is 1. The standard InChI is InChI=1S/C11H17F3N2O3S/c1-7(5-20-2)15-9(19)16-4-3-10(6-16,8(17)18)11(12,13)14/h7H,3-6H2,1-2H3,(H,15,19)(H,17,18). The van der Waals surface area contributed by atoms with Gasteiger partial charge in [0.1, 0.15) is 0 Å². The number of hydrogen-bond acceptors (Lipinski definition) is 3. The van der Waals surface area contributed by atoms with E-state index in [0.717, 1.165) is 4.90 Å². The zero-order valence-corrected chi connectivity index (χ0v) is 12.0. The van der Waals surface area contributed by atoms with Gasteiger partial charge in [0.15, 0.2) is 5.41 Å². The van der Waals surface area contributed by atoms with Crippen LogP contribution in [0, 0.1) is 5.41 Å². The van der Waals surface area contributed by atoms with E-state index in [-0.39, 0.29) is 12.6 Å². The van der Waals surface area contributed by atoms with Gasteiger partial charge in [-0.3, -0.25) is 4.79 Å².